The van der Waals surface area contributed by atoms with Gasteiger partial charge >= 0.3 is 0 Å². The van der Waals surface area contributed by atoms with Gasteiger partial charge in [-0.25, -0.2) is 0 Å². The van der Waals surface area contributed by atoms with Gasteiger partial charge in [0.2, 0.25) is 11.7 Å². The topological polar surface area (TPSA) is 90.1 Å². The molecule has 0 saturated heterocycles. The molecule has 0 aliphatic rings. The number of amides is 1. The molecule has 2 heterocycles. The zero-order valence-corrected chi connectivity index (χ0v) is 15.7. The van der Waals surface area contributed by atoms with Crippen LogP contribution in [0.15, 0.2) is 77.6 Å². The van der Waals surface area contributed by atoms with E-state index in [1.807, 2.05) is 36.4 Å². The number of para-hydroxylation sites is 1. The maximum atomic E-state index is 12.7. The molecule has 0 spiro atoms. The van der Waals surface area contributed by atoms with E-state index in [9.17, 15) is 4.79 Å². The average Bonchev–Trinajstić information content (AvgIpc) is 3.24. The maximum Gasteiger partial charge on any atom is 0.255 e. The van der Waals surface area contributed by atoms with Gasteiger partial charge in [-0.1, -0.05) is 29.4 Å². The van der Waals surface area contributed by atoms with Crippen LogP contribution < -0.4 is 10.1 Å². The number of aromatic nitrogens is 3. The summed E-state index contributed by atoms with van der Waals surface area (Å²) in [5, 5.41) is 6.96. The van der Waals surface area contributed by atoms with Crippen LogP contribution in [0.2, 0.25) is 0 Å². The molecule has 0 radical (unpaired) electrons. The number of rotatable bonds is 6. The summed E-state index contributed by atoms with van der Waals surface area (Å²) >= 11 is 0. The van der Waals surface area contributed by atoms with Gasteiger partial charge in [-0.2, -0.15) is 4.98 Å². The normalized spacial score (nSPS) is 10.5. The first-order chi connectivity index (χ1) is 14.2. The molecule has 0 aliphatic carbocycles. The fourth-order valence-corrected chi connectivity index (χ4v) is 2.86. The van der Waals surface area contributed by atoms with Crippen molar-refractivity contribution in [1.29, 1.82) is 0 Å². The lowest BCUT2D eigenvalue weighted by molar-refractivity contribution is 0.102. The van der Waals surface area contributed by atoms with Crippen molar-refractivity contribution in [3.05, 3.63) is 90.1 Å². The summed E-state index contributed by atoms with van der Waals surface area (Å²) < 4.78 is 10.6. The summed E-state index contributed by atoms with van der Waals surface area (Å²) in [5.41, 5.74) is 2.84. The predicted octanol–water partition coefficient (Wildman–Crippen LogP) is 3.98. The molecular weight excluding hydrogens is 368 g/mol. The molecule has 0 unspecified atom stereocenters. The van der Waals surface area contributed by atoms with E-state index in [0.717, 1.165) is 11.1 Å². The number of nitrogens with one attached hydrogen (secondary N) is 1. The van der Waals surface area contributed by atoms with Crippen LogP contribution in [0.3, 0.4) is 0 Å². The molecule has 144 valence electrons. The summed E-state index contributed by atoms with van der Waals surface area (Å²) in [6, 6.07) is 18.2. The fourth-order valence-electron chi connectivity index (χ4n) is 2.86. The molecule has 1 N–H and O–H groups in total. The Hall–Kier alpha value is -4.00. The van der Waals surface area contributed by atoms with Crippen LogP contribution in [-0.2, 0) is 6.42 Å². The second-order valence-electron chi connectivity index (χ2n) is 6.27. The third-order valence-electron chi connectivity index (χ3n) is 4.33. The number of methoxy groups -OCH3 is 1. The molecule has 2 aromatic carbocycles. The van der Waals surface area contributed by atoms with E-state index in [1.54, 1.807) is 43.8 Å². The number of carbonyl (C=O) groups is 1. The van der Waals surface area contributed by atoms with Gasteiger partial charge in [0.05, 0.1) is 13.5 Å². The van der Waals surface area contributed by atoms with E-state index in [2.05, 4.69) is 20.4 Å². The Kier molecular flexibility index (Phi) is 5.29. The largest absolute Gasteiger partial charge is 0.497 e. The second kappa shape index (κ2) is 8.35. The zero-order chi connectivity index (χ0) is 20.1. The fraction of sp³-hybridized carbons (Fsp3) is 0.0909. The molecule has 1 amide bonds. The summed E-state index contributed by atoms with van der Waals surface area (Å²) in [5.74, 6) is 1.33. The van der Waals surface area contributed by atoms with Crippen molar-refractivity contribution in [2.75, 3.05) is 12.4 Å². The van der Waals surface area contributed by atoms with Gasteiger partial charge in [0.1, 0.15) is 5.75 Å². The number of anilines is 1. The Morgan fingerprint density at radius 3 is 2.83 bits per heavy atom. The zero-order valence-electron chi connectivity index (χ0n) is 15.7. The Morgan fingerprint density at radius 2 is 2.00 bits per heavy atom. The highest BCUT2D eigenvalue weighted by Gasteiger charge is 2.14. The van der Waals surface area contributed by atoms with Gasteiger partial charge < -0.3 is 14.6 Å². The van der Waals surface area contributed by atoms with Gasteiger partial charge in [0, 0.05) is 29.2 Å². The highest BCUT2D eigenvalue weighted by atomic mass is 16.5. The van der Waals surface area contributed by atoms with Gasteiger partial charge in [-0.05, 0) is 42.0 Å². The van der Waals surface area contributed by atoms with E-state index in [-0.39, 0.29) is 5.91 Å². The monoisotopic (exact) mass is 386 g/mol. The predicted molar refractivity (Wildman–Crippen MR) is 108 cm³/mol. The summed E-state index contributed by atoms with van der Waals surface area (Å²) in [7, 11) is 1.57. The number of ether oxygens (including phenoxy) is 1. The average molecular weight is 386 g/mol. The maximum absolute atomic E-state index is 12.7. The lowest BCUT2D eigenvalue weighted by atomic mass is 10.1. The van der Waals surface area contributed by atoms with Gasteiger partial charge in [0.25, 0.3) is 5.91 Å². The Labute approximate surface area is 167 Å². The first-order valence-electron chi connectivity index (χ1n) is 8.99. The molecule has 0 saturated carbocycles. The number of carbonyl (C=O) groups excluding carboxylic acids is 1. The molecule has 0 aliphatic heterocycles. The smallest absolute Gasteiger partial charge is 0.255 e. The first kappa shape index (κ1) is 18.4. The second-order valence-corrected chi connectivity index (χ2v) is 6.27. The van der Waals surface area contributed by atoms with Crippen molar-refractivity contribution in [3.8, 4) is 17.1 Å². The third kappa shape index (κ3) is 4.30. The SMILES string of the molecule is COc1cccc(C(=O)Nc2ccccc2Cc2nc(-c3cccnc3)no2)c1. The Balaban J connectivity index is 1.53. The Bertz CT molecular complexity index is 1130. The van der Waals surface area contributed by atoms with Crippen LogP contribution in [0.1, 0.15) is 21.8 Å². The van der Waals surface area contributed by atoms with Crippen molar-refractivity contribution < 1.29 is 14.1 Å². The highest BCUT2D eigenvalue weighted by molar-refractivity contribution is 6.04. The van der Waals surface area contributed by atoms with Crippen molar-refractivity contribution in [3.63, 3.8) is 0 Å². The van der Waals surface area contributed by atoms with Crippen LogP contribution in [0.25, 0.3) is 11.4 Å². The molecule has 4 aromatic rings. The van der Waals surface area contributed by atoms with Gasteiger partial charge in [-0.15, -0.1) is 0 Å². The highest BCUT2D eigenvalue weighted by Crippen LogP contribution is 2.22. The molecular formula is C22H18N4O3. The van der Waals surface area contributed by atoms with E-state index in [0.29, 0.717) is 35.1 Å². The lowest BCUT2D eigenvalue weighted by Crippen LogP contribution is -2.13. The number of pyridine rings is 1. The van der Waals surface area contributed by atoms with Crippen molar-refractivity contribution in [1.82, 2.24) is 15.1 Å². The molecule has 4 rings (SSSR count). The number of hydrogen-bond donors (Lipinski definition) is 1. The van der Waals surface area contributed by atoms with E-state index < -0.39 is 0 Å². The minimum Gasteiger partial charge on any atom is -0.497 e. The third-order valence-corrected chi connectivity index (χ3v) is 4.33. The summed E-state index contributed by atoms with van der Waals surface area (Å²) in [4.78, 5) is 21.1. The molecule has 29 heavy (non-hydrogen) atoms. The van der Waals surface area contributed by atoms with Crippen LogP contribution in [0, 0.1) is 0 Å². The van der Waals surface area contributed by atoms with Gasteiger partial charge in [0.15, 0.2) is 0 Å². The number of benzene rings is 2. The molecule has 7 heteroatoms. The van der Waals surface area contributed by atoms with Gasteiger partial charge in [-0.3, -0.25) is 9.78 Å². The minimum atomic E-state index is -0.224. The number of hydrogen-bond acceptors (Lipinski definition) is 6. The van der Waals surface area contributed by atoms with Crippen LogP contribution >= 0.6 is 0 Å². The van der Waals surface area contributed by atoms with Crippen LogP contribution in [0.4, 0.5) is 5.69 Å². The van der Waals surface area contributed by atoms with Crippen molar-refractivity contribution in [2.24, 2.45) is 0 Å². The molecule has 0 bridgehead atoms. The van der Waals surface area contributed by atoms with E-state index >= 15 is 0 Å². The molecule has 2 aromatic heterocycles. The van der Waals surface area contributed by atoms with Crippen LogP contribution in [-0.4, -0.2) is 28.1 Å². The van der Waals surface area contributed by atoms with Crippen LogP contribution in [0.5, 0.6) is 5.75 Å². The summed E-state index contributed by atoms with van der Waals surface area (Å²) in [6.07, 6.45) is 3.75. The molecule has 0 atom stereocenters. The number of nitrogens with zero attached hydrogens (tertiary/aromatic N) is 3. The lowest BCUT2D eigenvalue weighted by Gasteiger charge is -2.10. The van der Waals surface area contributed by atoms with E-state index in [1.165, 1.54) is 0 Å². The Morgan fingerprint density at radius 1 is 1.10 bits per heavy atom. The summed E-state index contributed by atoms with van der Waals surface area (Å²) in [6.45, 7) is 0. The minimum absolute atomic E-state index is 0.224. The van der Waals surface area contributed by atoms with Crippen molar-refractivity contribution in [2.45, 2.75) is 6.42 Å². The quantitative estimate of drug-likeness (QED) is 0.539. The standard InChI is InChI=1S/C22H18N4O3/c1-28-18-9-4-7-16(12-18)22(27)24-19-10-3-2-6-15(19)13-20-25-21(26-29-20)17-8-5-11-23-14-17/h2-12,14H,13H2,1H3,(H,24,27). The first-order valence-corrected chi connectivity index (χ1v) is 8.99. The molecule has 0 fully saturated rings. The van der Waals surface area contributed by atoms with E-state index in [4.69, 9.17) is 9.26 Å². The van der Waals surface area contributed by atoms with Crippen molar-refractivity contribution >= 4 is 11.6 Å². The molecule has 7 nitrogen and oxygen atoms in total.